The Morgan fingerprint density at radius 3 is 2.63 bits per heavy atom. The fraction of sp³-hybridized carbons (Fsp3) is 0.200. The van der Waals surface area contributed by atoms with E-state index >= 15 is 0 Å². The molecule has 5 nitrogen and oxygen atoms in total. The number of aromatic nitrogens is 1. The molecule has 3 aromatic rings. The molecule has 0 unspecified atom stereocenters. The van der Waals surface area contributed by atoms with Crippen LogP contribution in [0.2, 0.25) is 5.02 Å². The molecule has 0 radical (unpaired) electrons. The number of aryl methyl sites for hydroxylation is 1. The number of nitrogens with one attached hydrogen (secondary N) is 1. The van der Waals surface area contributed by atoms with Crippen molar-refractivity contribution < 1.29 is 9.53 Å². The molecule has 0 saturated carbocycles. The number of carbonyl (C=O) groups excluding carboxylic acids is 1. The second-order valence-corrected chi connectivity index (χ2v) is 7.32. The third-order valence-electron chi connectivity index (χ3n) is 3.98. The van der Waals surface area contributed by atoms with Gasteiger partial charge in [0.05, 0.1) is 17.9 Å². The van der Waals surface area contributed by atoms with E-state index in [4.69, 9.17) is 16.3 Å². The lowest BCUT2D eigenvalue weighted by molar-refractivity contribution is -0.113. The van der Waals surface area contributed by atoms with Gasteiger partial charge in [0.15, 0.2) is 0 Å². The van der Waals surface area contributed by atoms with Crippen molar-refractivity contribution in [2.45, 2.75) is 11.8 Å². The van der Waals surface area contributed by atoms with E-state index in [-0.39, 0.29) is 17.2 Å². The molecule has 27 heavy (non-hydrogen) atoms. The van der Waals surface area contributed by atoms with Gasteiger partial charge in [-0.3, -0.25) is 9.59 Å². The zero-order chi connectivity index (χ0) is 19.4. The van der Waals surface area contributed by atoms with Crippen LogP contribution in [0.15, 0.2) is 58.2 Å². The van der Waals surface area contributed by atoms with Crippen molar-refractivity contribution in [3.05, 3.63) is 63.9 Å². The summed E-state index contributed by atoms with van der Waals surface area (Å²) >= 11 is 7.37. The monoisotopic (exact) mass is 402 g/mol. The minimum atomic E-state index is -0.146. The molecule has 1 N–H and O–H groups in total. The number of rotatable bonds is 6. The summed E-state index contributed by atoms with van der Waals surface area (Å²) < 4.78 is 6.93. The average Bonchev–Trinajstić information content (AvgIpc) is 2.65. The fourth-order valence-corrected chi connectivity index (χ4v) is 3.69. The van der Waals surface area contributed by atoms with E-state index in [9.17, 15) is 9.59 Å². The Morgan fingerprint density at radius 1 is 1.19 bits per heavy atom. The van der Waals surface area contributed by atoms with E-state index in [1.54, 1.807) is 41.9 Å². The first-order valence-corrected chi connectivity index (χ1v) is 9.79. The minimum Gasteiger partial charge on any atom is -0.494 e. The maximum Gasteiger partial charge on any atom is 0.251 e. The van der Waals surface area contributed by atoms with Crippen molar-refractivity contribution in [3.63, 3.8) is 0 Å². The number of ether oxygens (including phenoxy) is 1. The number of nitrogens with zero attached hydrogens (tertiary/aromatic N) is 1. The Morgan fingerprint density at radius 2 is 1.93 bits per heavy atom. The number of amides is 1. The molecule has 0 aliphatic rings. The second kappa shape index (κ2) is 8.50. The van der Waals surface area contributed by atoms with Crippen LogP contribution < -0.4 is 15.6 Å². The van der Waals surface area contributed by atoms with Crippen LogP contribution in [-0.4, -0.2) is 22.8 Å². The number of thioether (sulfide) groups is 1. The highest BCUT2D eigenvalue weighted by Gasteiger charge is 2.10. The van der Waals surface area contributed by atoms with Gasteiger partial charge < -0.3 is 14.6 Å². The highest BCUT2D eigenvalue weighted by molar-refractivity contribution is 8.00. The van der Waals surface area contributed by atoms with Gasteiger partial charge in [-0.2, -0.15) is 0 Å². The molecule has 1 heterocycles. The number of pyridine rings is 1. The van der Waals surface area contributed by atoms with E-state index in [0.717, 1.165) is 21.5 Å². The Balaban J connectivity index is 1.72. The summed E-state index contributed by atoms with van der Waals surface area (Å²) in [6.07, 6.45) is 0. The quantitative estimate of drug-likeness (QED) is 0.624. The van der Waals surface area contributed by atoms with Crippen molar-refractivity contribution in [2.24, 2.45) is 7.05 Å². The predicted octanol–water partition coefficient (Wildman–Crippen LogP) is 4.32. The molecule has 0 fully saturated rings. The van der Waals surface area contributed by atoms with Gasteiger partial charge in [0, 0.05) is 34.1 Å². The molecule has 0 spiro atoms. The number of hydrogen-bond acceptors (Lipinski definition) is 4. The first-order chi connectivity index (χ1) is 13.0. The van der Waals surface area contributed by atoms with Crippen molar-refractivity contribution in [1.29, 1.82) is 0 Å². The molecule has 0 atom stereocenters. The number of carbonyl (C=O) groups is 1. The standard InChI is InChI=1S/C20H19ClN2O3S/c1-3-26-15-7-5-14(6-8-15)22-19(24)12-27-18-11-20(25)23(2)17-10-13(21)4-9-16(17)18/h4-11H,3,12H2,1-2H3,(H,22,24). The van der Waals surface area contributed by atoms with E-state index < -0.39 is 0 Å². The minimum absolute atomic E-state index is 0.140. The molecular weight excluding hydrogens is 384 g/mol. The Labute approximate surface area is 166 Å². The van der Waals surface area contributed by atoms with Gasteiger partial charge in [0.1, 0.15) is 5.75 Å². The van der Waals surface area contributed by atoms with Crippen LogP contribution in [0.5, 0.6) is 5.75 Å². The normalized spacial score (nSPS) is 10.8. The van der Waals surface area contributed by atoms with Crippen molar-refractivity contribution >= 4 is 45.9 Å². The Bertz CT molecular complexity index is 1030. The molecule has 0 aliphatic heterocycles. The second-order valence-electron chi connectivity index (χ2n) is 5.86. The van der Waals surface area contributed by atoms with Gasteiger partial charge >= 0.3 is 0 Å². The van der Waals surface area contributed by atoms with Gasteiger partial charge in [0.25, 0.3) is 5.56 Å². The van der Waals surface area contributed by atoms with E-state index in [0.29, 0.717) is 17.3 Å². The van der Waals surface area contributed by atoms with Crippen molar-refractivity contribution in [3.8, 4) is 5.75 Å². The molecule has 0 aliphatic carbocycles. The third kappa shape index (κ3) is 4.64. The van der Waals surface area contributed by atoms with Crippen LogP contribution in [-0.2, 0) is 11.8 Å². The molecule has 3 rings (SSSR count). The van der Waals surface area contributed by atoms with Gasteiger partial charge in [-0.15, -0.1) is 11.8 Å². The molecule has 0 saturated heterocycles. The zero-order valence-corrected chi connectivity index (χ0v) is 16.6. The van der Waals surface area contributed by atoms with E-state index in [1.807, 2.05) is 25.1 Å². The number of halogens is 1. The fourth-order valence-electron chi connectivity index (χ4n) is 2.66. The maximum absolute atomic E-state index is 12.3. The highest BCUT2D eigenvalue weighted by Crippen LogP contribution is 2.28. The summed E-state index contributed by atoms with van der Waals surface area (Å²) in [6, 6.07) is 14.1. The summed E-state index contributed by atoms with van der Waals surface area (Å²) in [4.78, 5) is 25.2. The van der Waals surface area contributed by atoms with E-state index in [2.05, 4.69) is 5.32 Å². The van der Waals surface area contributed by atoms with Gasteiger partial charge in [0.2, 0.25) is 5.91 Å². The summed E-state index contributed by atoms with van der Waals surface area (Å²) in [5, 5.41) is 4.30. The first kappa shape index (κ1) is 19.3. The lowest BCUT2D eigenvalue weighted by atomic mass is 10.2. The molecule has 7 heteroatoms. The molecule has 0 bridgehead atoms. The third-order valence-corrected chi connectivity index (χ3v) is 5.27. The van der Waals surface area contributed by atoms with Crippen LogP contribution in [0.1, 0.15) is 6.92 Å². The van der Waals surface area contributed by atoms with E-state index in [1.165, 1.54) is 11.8 Å². The zero-order valence-electron chi connectivity index (χ0n) is 15.0. The average molecular weight is 403 g/mol. The molecule has 1 amide bonds. The Kier molecular flexibility index (Phi) is 6.08. The lowest BCUT2D eigenvalue weighted by Crippen LogP contribution is -2.17. The molecule has 2 aromatic carbocycles. The number of fused-ring (bicyclic) bond motifs is 1. The number of hydrogen-bond donors (Lipinski definition) is 1. The smallest absolute Gasteiger partial charge is 0.251 e. The van der Waals surface area contributed by atoms with Gasteiger partial charge in [-0.1, -0.05) is 17.7 Å². The summed E-state index contributed by atoms with van der Waals surface area (Å²) in [5.41, 5.74) is 1.30. The van der Waals surface area contributed by atoms with Crippen LogP contribution >= 0.6 is 23.4 Å². The highest BCUT2D eigenvalue weighted by atomic mass is 35.5. The van der Waals surface area contributed by atoms with Gasteiger partial charge in [-0.25, -0.2) is 0 Å². The van der Waals surface area contributed by atoms with Crippen LogP contribution in [0.25, 0.3) is 10.9 Å². The summed E-state index contributed by atoms with van der Waals surface area (Å²) in [5.74, 6) is 0.806. The molecular formula is C20H19ClN2O3S. The lowest BCUT2D eigenvalue weighted by Gasteiger charge is -2.11. The predicted molar refractivity (Wildman–Crippen MR) is 111 cm³/mol. The maximum atomic E-state index is 12.3. The largest absolute Gasteiger partial charge is 0.494 e. The van der Waals surface area contributed by atoms with Gasteiger partial charge in [-0.05, 0) is 43.3 Å². The number of anilines is 1. The molecule has 140 valence electrons. The van der Waals surface area contributed by atoms with Crippen LogP contribution in [0.3, 0.4) is 0 Å². The van der Waals surface area contributed by atoms with Crippen LogP contribution in [0.4, 0.5) is 5.69 Å². The first-order valence-electron chi connectivity index (χ1n) is 8.42. The van der Waals surface area contributed by atoms with Crippen molar-refractivity contribution in [2.75, 3.05) is 17.7 Å². The summed E-state index contributed by atoms with van der Waals surface area (Å²) in [6.45, 7) is 2.51. The Hall–Kier alpha value is -2.44. The topological polar surface area (TPSA) is 60.3 Å². The van der Waals surface area contributed by atoms with Crippen LogP contribution in [0, 0.1) is 0 Å². The summed E-state index contributed by atoms with van der Waals surface area (Å²) in [7, 11) is 1.70. The number of benzene rings is 2. The van der Waals surface area contributed by atoms with Crippen molar-refractivity contribution in [1.82, 2.24) is 4.57 Å². The SMILES string of the molecule is CCOc1ccc(NC(=O)CSc2cc(=O)n(C)c3cc(Cl)ccc23)cc1. The molecule has 1 aromatic heterocycles.